The first-order valence-electron chi connectivity index (χ1n) is 6.24. The summed E-state index contributed by atoms with van der Waals surface area (Å²) in [6, 6.07) is 0.808. The molecule has 0 N–H and O–H groups in total. The van der Waals surface area contributed by atoms with E-state index in [0.717, 1.165) is 12.5 Å². The summed E-state index contributed by atoms with van der Waals surface area (Å²) in [5.41, 5.74) is 0.440. The molecule has 1 saturated carbocycles. The summed E-state index contributed by atoms with van der Waals surface area (Å²) in [4.78, 5) is 14.2. The monoisotopic (exact) mass is 209 g/mol. The summed E-state index contributed by atoms with van der Waals surface area (Å²) < 4.78 is 5.15. The van der Waals surface area contributed by atoms with Gasteiger partial charge in [-0.15, -0.1) is 0 Å². The van der Waals surface area contributed by atoms with Crippen LogP contribution in [0.4, 0.5) is 0 Å². The van der Waals surface area contributed by atoms with Crippen LogP contribution in [-0.4, -0.2) is 35.1 Å². The van der Waals surface area contributed by atoms with Gasteiger partial charge in [0.25, 0.3) is 0 Å². The number of nitrogens with zero attached hydrogens (tertiary/aromatic N) is 1. The van der Waals surface area contributed by atoms with Gasteiger partial charge in [0.2, 0.25) is 0 Å². The van der Waals surface area contributed by atoms with Crippen molar-refractivity contribution in [3.05, 3.63) is 0 Å². The van der Waals surface area contributed by atoms with Gasteiger partial charge in [-0.1, -0.05) is 12.8 Å². The summed E-state index contributed by atoms with van der Waals surface area (Å²) in [5, 5.41) is 0. The van der Waals surface area contributed by atoms with Crippen molar-refractivity contribution in [3.8, 4) is 0 Å². The molecule has 0 amide bonds. The fourth-order valence-corrected chi connectivity index (χ4v) is 3.88. The van der Waals surface area contributed by atoms with Crippen molar-refractivity contribution in [2.45, 2.75) is 63.1 Å². The topological polar surface area (TPSA) is 29.3 Å². The van der Waals surface area contributed by atoms with Crippen LogP contribution in [0.3, 0.4) is 0 Å². The Bertz CT molecular complexity index is 291. The van der Waals surface area contributed by atoms with Crippen LogP contribution < -0.4 is 0 Å². The third-order valence-electron chi connectivity index (χ3n) is 4.48. The molecule has 3 fully saturated rings. The quantitative estimate of drug-likeness (QED) is 0.512. The van der Waals surface area contributed by atoms with Gasteiger partial charge in [-0.3, -0.25) is 9.69 Å². The number of esters is 1. The van der Waals surface area contributed by atoms with Crippen LogP contribution in [0.5, 0.6) is 0 Å². The lowest BCUT2D eigenvalue weighted by atomic mass is 9.86. The SMILES string of the molecule is CCOC(=O)[C@H]1CC[C@@]23CCCC[C@@H]2N13. The van der Waals surface area contributed by atoms with Crippen LogP contribution in [-0.2, 0) is 9.53 Å². The molecule has 0 bridgehead atoms. The van der Waals surface area contributed by atoms with Gasteiger partial charge in [-0.05, 0) is 32.6 Å². The molecule has 3 rings (SSSR count). The number of hydrogen-bond donors (Lipinski definition) is 0. The zero-order valence-corrected chi connectivity index (χ0v) is 9.37. The number of carbonyl (C=O) groups excluding carboxylic acids is 1. The summed E-state index contributed by atoms with van der Waals surface area (Å²) in [6.07, 6.45) is 7.56. The largest absolute Gasteiger partial charge is 0.465 e. The number of fused-ring (bicyclic) bond motifs is 1. The number of ether oxygens (including phenoxy) is 1. The van der Waals surface area contributed by atoms with Crippen LogP contribution in [0, 0.1) is 0 Å². The molecule has 4 atom stereocenters. The zero-order chi connectivity index (χ0) is 10.5. The van der Waals surface area contributed by atoms with E-state index < -0.39 is 0 Å². The second-order valence-electron chi connectivity index (χ2n) is 5.08. The van der Waals surface area contributed by atoms with Gasteiger partial charge in [0, 0.05) is 11.6 Å². The highest BCUT2D eigenvalue weighted by atomic mass is 16.5. The first-order valence-corrected chi connectivity index (χ1v) is 6.24. The summed E-state index contributed by atoms with van der Waals surface area (Å²) in [6.45, 7) is 2.40. The molecule has 84 valence electrons. The van der Waals surface area contributed by atoms with Crippen molar-refractivity contribution in [3.63, 3.8) is 0 Å². The van der Waals surface area contributed by atoms with Gasteiger partial charge < -0.3 is 4.74 Å². The minimum atomic E-state index is 0.0174. The average molecular weight is 209 g/mol. The average Bonchev–Trinajstić information content (AvgIpc) is 2.76. The van der Waals surface area contributed by atoms with E-state index in [-0.39, 0.29) is 12.0 Å². The van der Waals surface area contributed by atoms with E-state index in [1.54, 1.807) is 0 Å². The molecule has 1 aliphatic carbocycles. The first-order chi connectivity index (χ1) is 7.29. The van der Waals surface area contributed by atoms with Gasteiger partial charge in [0.05, 0.1) is 6.61 Å². The van der Waals surface area contributed by atoms with Crippen molar-refractivity contribution in [2.75, 3.05) is 6.61 Å². The van der Waals surface area contributed by atoms with E-state index in [2.05, 4.69) is 4.90 Å². The van der Waals surface area contributed by atoms with Crippen molar-refractivity contribution in [1.82, 2.24) is 4.90 Å². The third kappa shape index (κ3) is 1.19. The molecule has 15 heavy (non-hydrogen) atoms. The summed E-state index contributed by atoms with van der Waals surface area (Å²) in [7, 11) is 0. The Morgan fingerprint density at radius 2 is 2.27 bits per heavy atom. The summed E-state index contributed by atoms with van der Waals surface area (Å²) in [5.74, 6) is 0.0174. The zero-order valence-electron chi connectivity index (χ0n) is 9.37. The molecule has 2 aliphatic heterocycles. The lowest BCUT2D eigenvalue weighted by molar-refractivity contribution is -0.147. The van der Waals surface area contributed by atoms with Crippen LogP contribution in [0.1, 0.15) is 45.4 Å². The predicted molar refractivity (Wildman–Crippen MR) is 56.5 cm³/mol. The smallest absolute Gasteiger partial charge is 0.323 e. The van der Waals surface area contributed by atoms with Crippen LogP contribution in [0.25, 0.3) is 0 Å². The molecular formula is C12H19NO2. The van der Waals surface area contributed by atoms with E-state index in [4.69, 9.17) is 4.74 Å². The van der Waals surface area contributed by atoms with E-state index >= 15 is 0 Å². The molecule has 3 nitrogen and oxygen atoms in total. The molecule has 1 spiro atoms. The van der Waals surface area contributed by atoms with Gasteiger partial charge in [0.1, 0.15) is 6.04 Å². The van der Waals surface area contributed by atoms with Crippen LogP contribution in [0.15, 0.2) is 0 Å². The van der Waals surface area contributed by atoms with Crippen molar-refractivity contribution in [1.29, 1.82) is 0 Å². The summed E-state index contributed by atoms with van der Waals surface area (Å²) >= 11 is 0. The van der Waals surface area contributed by atoms with E-state index in [1.165, 1.54) is 32.1 Å². The normalized spacial score (nSPS) is 46.9. The third-order valence-corrected chi connectivity index (χ3v) is 4.48. The van der Waals surface area contributed by atoms with Crippen LogP contribution in [0.2, 0.25) is 0 Å². The Balaban J connectivity index is 1.72. The van der Waals surface area contributed by atoms with Crippen LogP contribution >= 0.6 is 0 Å². The molecule has 0 aromatic heterocycles. The Morgan fingerprint density at radius 3 is 3.00 bits per heavy atom. The number of rotatable bonds is 2. The highest BCUT2D eigenvalue weighted by Gasteiger charge is 2.69. The maximum Gasteiger partial charge on any atom is 0.323 e. The van der Waals surface area contributed by atoms with E-state index in [1.807, 2.05) is 6.92 Å². The van der Waals surface area contributed by atoms with Gasteiger partial charge in [0.15, 0.2) is 0 Å². The van der Waals surface area contributed by atoms with E-state index in [9.17, 15) is 4.79 Å². The first kappa shape index (κ1) is 9.64. The maximum atomic E-state index is 11.8. The van der Waals surface area contributed by atoms with Gasteiger partial charge in [-0.25, -0.2) is 0 Å². The lowest BCUT2D eigenvalue weighted by Gasteiger charge is -2.17. The predicted octanol–water partition coefficient (Wildman–Crippen LogP) is 1.71. The molecule has 0 radical (unpaired) electrons. The fraction of sp³-hybridized carbons (Fsp3) is 0.917. The molecule has 2 saturated heterocycles. The second-order valence-corrected chi connectivity index (χ2v) is 5.08. The van der Waals surface area contributed by atoms with Crippen molar-refractivity contribution < 1.29 is 9.53 Å². The molecule has 3 aliphatic rings. The molecular weight excluding hydrogens is 190 g/mol. The van der Waals surface area contributed by atoms with E-state index in [0.29, 0.717) is 12.1 Å². The fourth-order valence-electron chi connectivity index (χ4n) is 3.88. The highest BCUT2D eigenvalue weighted by molar-refractivity contribution is 5.77. The highest BCUT2D eigenvalue weighted by Crippen LogP contribution is 2.60. The minimum absolute atomic E-state index is 0.0174. The van der Waals surface area contributed by atoms with Crippen molar-refractivity contribution >= 4 is 5.97 Å². The van der Waals surface area contributed by atoms with Gasteiger partial charge >= 0.3 is 5.97 Å². The Kier molecular flexibility index (Phi) is 2.06. The Labute approximate surface area is 90.8 Å². The molecule has 0 aromatic rings. The Hall–Kier alpha value is -0.570. The Morgan fingerprint density at radius 1 is 1.40 bits per heavy atom. The number of carbonyl (C=O) groups is 1. The molecule has 3 heteroatoms. The van der Waals surface area contributed by atoms with Gasteiger partial charge in [-0.2, -0.15) is 0 Å². The second kappa shape index (κ2) is 3.21. The number of piperidine rings is 1. The molecule has 1 unspecified atom stereocenters. The number of hydrogen-bond acceptors (Lipinski definition) is 3. The molecule has 0 aromatic carbocycles. The maximum absolute atomic E-state index is 11.8. The lowest BCUT2D eigenvalue weighted by Crippen LogP contribution is -2.30. The van der Waals surface area contributed by atoms with Crippen molar-refractivity contribution in [2.24, 2.45) is 0 Å². The standard InChI is InChI=1S/C12H19NO2/c1-2-15-11(14)9-6-8-12-7-4-3-5-10(12)13(9)12/h9-10H,2-8H2,1H3/t9-,10+,12+,13?/m1/s1. The molecule has 2 heterocycles. The minimum Gasteiger partial charge on any atom is -0.465 e.